The van der Waals surface area contributed by atoms with Gasteiger partial charge >= 0.3 is 0 Å². The second-order valence-electron chi connectivity index (χ2n) is 10.7. The van der Waals surface area contributed by atoms with Crippen LogP contribution in [0.2, 0.25) is 0 Å². The molecule has 1 aliphatic carbocycles. The summed E-state index contributed by atoms with van der Waals surface area (Å²) in [5.41, 5.74) is 1.67. The van der Waals surface area contributed by atoms with Gasteiger partial charge in [0.15, 0.2) is 0 Å². The van der Waals surface area contributed by atoms with Crippen molar-refractivity contribution in [3.63, 3.8) is 0 Å². The number of benzene rings is 1. The largest absolute Gasteiger partial charge is 0.367 e. The minimum Gasteiger partial charge on any atom is -0.367 e. The molecule has 0 spiro atoms. The van der Waals surface area contributed by atoms with Gasteiger partial charge in [0, 0.05) is 36.5 Å². The first-order valence-corrected chi connectivity index (χ1v) is 13.1. The molecular formula is C27H42FN5. The topological polar surface area (TPSA) is 44.3 Å². The molecule has 6 heteroatoms. The SMILES string of the molecule is CC(C)N1CCC(Nc2nc(C3CCCCC3)nc3cc(CCCN(C)C)c(F)cc23)CC1. The van der Waals surface area contributed by atoms with Crippen LogP contribution in [-0.4, -0.2) is 65.6 Å². The van der Waals surface area contributed by atoms with Crippen LogP contribution in [0.3, 0.4) is 0 Å². The van der Waals surface area contributed by atoms with Crippen LogP contribution in [0.4, 0.5) is 10.2 Å². The van der Waals surface area contributed by atoms with Gasteiger partial charge in [-0.05, 0) is 90.7 Å². The van der Waals surface area contributed by atoms with E-state index in [1.54, 1.807) is 6.07 Å². The van der Waals surface area contributed by atoms with Gasteiger partial charge in [0.2, 0.25) is 0 Å². The molecule has 0 atom stereocenters. The van der Waals surface area contributed by atoms with Crippen LogP contribution in [0, 0.1) is 5.82 Å². The number of nitrogens with one attached hydrogen (secondary N) is 1. The Bertz CT molecular complexity index is 914. The van der Waals surface area contributed by atoms with E-state index in [2.05, 4.69) is 43.1 Å². The highest BCUT2D eigenvalue weighted by atomic mass is 19.1. The third-order valence-corrected chi connectivity index (χ3v) is 7.50. The molecular weight excluding hydrogens is 413 g/mol. The van der Waals surface area contributed by atoms with Gasteiger partial charge in [0.05, 0.1) is 5.52 Å². The maximum atomic E-state index is 15.1. The van der Waals surface area contributed by atoms with E-state index >= 15 is 4.39 Å². The molecule has 1 aliphatic heterocycles. The van der Waals surface area contributed by atoms with Gasteiger partial charge in [-0.3, -0.25) is 0 Å². The number of hydrogen-bond acceptors (Lipinski definition) is 5. The highest BCUT2D eigenvalue weighted by Crippen LogP contribution is 2.34. The molecule has 1 N–H and O–H groups in total. The van der Waals surface area contributed by atoms with Gasteiger partial charge in [0.25, 0.3) is 0 Å². The lowest BCUT2D eigenvalue weighted by molar-refractivity contribution is 0.177. The van der Waals surface area contributed by atoms with Crippen molar-refractivity contribution in [3.8, 4) is 0 Å². The lowest BCUT2D eigenvalue weighted by Gasteiger charge is -2.35. The molecule has 0 amide bonds. The maximum Gasteiger partial charge on any atom is 0.137 e. The average molecular weight is 456 g/mol. The number of nitrogens with zero attached hydrogens (tertiary/aromatic N) is 4. The molecule has 2 heterocycles. The number of aryl methyl sites for hydroxylation is 1. The number of piperidine rings is 1. The Morgan fingerprint density at radius 1 is 1.06 bits per heavy atom. The van der Waals surface area contributed by atoms with Gasteiger partial charge in [-0.15, -0.1) is 0 Å². The quantitative estimate of drug-likeness (QED) is 0.562. The molecule has 1 saturated heterocycles. The summed E-state index contributed by atoms with van der Waals surface area (Å²) in [4.78, 5) is 14.7. The third-order valence-electron chi connectivity index (χ3n) is 7.50. The first-order valence-electron chi connectivity index (χ1n) is 13.1. The number of anilines is 1. The van der Waals surface area contributed by atoms with Crippen molar-refractivity contribution in [1.82, 2.24) is 19.8 Å². The van der Waals surface area contributed by atoms with Crippen molar-refractivity contribution >= 4 is 16.7 Å². The summed E-state index contributed by atoms with van der Waals surface area (Å²) in [6.07, 6.45) is 9.99. The third kappa shape index (κ3) is 6.21. The molecule has 2 aromatic rings. The van der Waals surface area contributed by atoms with Crippen LogP contribution in [0.15, 0.2) is 12.1 Å². The number of rotatable bonds is 8. The molecule has 0 unspecified atom stereocenters. The fourth-order valence-corrected chi connectivity index (χ4v) is 5.39. The average Bonchev–Trinajstić information content (AvgIpc) is 2.80. The van der Waals surface area contributed by atoms with E-state index in [9.17, 15) is 0 Å². The summed E-state index contributed by atoms with van der Waals surface area (Å²) in [6, 6.07) is 4.63. The lowest BCUT2D eigenvalue weighted by Crippen LogP contribution is -2.42. The standard InChI is InChI=1S/C27H42FN5/c1-19(2)33-15-12-22(13-16-33)29-27-23-18-24(28)21(11-8-14-32(3)4)17-25(23)30-26(31-27)20-9-6-5-7-10-20/h17-20,22H,5-16H2,1-4H3,(H,29,30,31). The fraction of sp³-hybridized carbons (Fsp3) is 0.704. The number of likely N-dealkylation sites (tertiary alicyclic amines) is 1. The summed E-state index contributed by atoms with van der Waals surface area (Å²) in [6.45, 7) is 7.68. The Morgan fingerprint density at radius 3 is 2.45 bits per heavy atom. The zero-order valence-electron chi connectivity index (χ0n) is 21.0. The second kappa shape index (κ2) is 11.1. The van der Waals surface area contributed by atoms with Gasteiger partial charge in [-0.1, -0.05) is 19.3 Å². The molecule has 5 nitrogen and oxygen atoms in total. The van der Waals surface area contributed by atoms with Gasteiger partial charge in [-0.2, -0.15) is 0 Å². The van der Waals surface area contributed by atoms with E-state index < -0.39 is 0 Å². The first-order chi connectivity index (χ1) is 15.9. The second-order valence-corrected chi connectivity index (χ2v) is 10.7. The number of aromatic nitrogens is 2. The highest BCUT2D eigenvalue weighted by Gasteiger charge is 2.24. The Morgan fingerprint density at radius 2 is 1.79 bits per heavy atom. The highest BCUT2D eigenvalue weighted by molar-refractivity contribution is 5.90. The summed E-state index contributed by atoms with van der Waals surface area (Å²) in [5, 5.41) is 4.54. The van der Waals surface area contributed by atoms with Crippen molar-refractivity contribution in [3.05, 3.63) is 29.3 Å². The molecule has 1 aromatic heterocycles. The summed E-state index contributed by atoms with van der Waals surface area (Å²) >= 11 is 0. The molecule has 1 aromatic carbocycles. The molecule has 182 valence electrons. The van der Waals surface area contributed by atoms with Crippen molar-refractivity contribution < 1.29 is 4.39 Å². The van der Waals surface area contributed by atoms with Crippen LogP contribution in [0.5, 0.6) is 0 Å². The molecule has 2 aliphatic rings. The van der Waals surface area contributed by atoms with E-state index in [-0.39, 0.29) is 5.82 Å². The van der Waals surface area contributed by atoms with Crippen molar-refractivity contribution in [1.29, 1.82) is 0 Å². The molecule has 2 fully saturated rings. The number of hydrogen-bond donors (Lipinski definition) is 1. The van der Waals surface area contributed by atoms with Crippen molar-refractivity contribution in [2.45, 2.75) is 89.6 Å². The number of halogens is 1. The molecule has 33 heavy (non-hydrogen) atoms. The van der Waals surface area contributed by atoms with E-state index in [1.807, 2.05) is 6.07 Å². The Labute approximate surface area is 199 Å². The minimum atomic E-state index is -0.132. The minimum absolute atomic E-state index is 0.132. The van der Waals surface area contributed by atoms with Crippen LogP contribution in [0.25, 0.3) is 10.9 Å². The first kappa shape index (κ1) is 24.3. The van der Waals surface area contributed by atoms with E-state index in [0.717, 1.165) is 86.3 Å². The number of fused-ring (bicyclic) bond motifs is 1. The summed E-state index contributed by atoms with van der Waals surface area (Å²) in [7, 11) is 4.12. The lowest BCUT2D eigenvalue weighted by atomic mass is 9.88. The Hall–Kier alpha value is -1.79. The Kier molecular flexibility index (Phi) is 8.18. The van der Waals surface area contributed by atoms with Gasteiger partial charge in [-0.25, -0.2) is 14.4 Å². The smallest absolute Gasteiger partial charge is 0.137 e. The van der Waals surface area contributed by atoms with E-state index in [1.165, 1.54) is 19.3 Å². The van der Waals surface area contributed by atoms with Crippen LogP contribution in [-0.2, 0) is 6.42 Å². The van der Waals surface area contributed by atoms with E-state index in [4.69, 9.17) is 9.97 Å². The van der Waals surface area contributed by atoms with Gasteiger partial charge < -0.3 is 15.1 Å². The molecule has 4 rings (SSSR count). The van der Waals surface area contributed by atoms with Gasteiger partial charge in [0.1, 0.15) is 17.5 Å². The Balaban J connectivity index is 1.62. The fourth-order valence-electron chi connectivity index (χ4n) is 5.39. The zero-order valence-corrected chi connectivity index (χ0v) is 21.0. The van der Waals surface area contributed by atoms with Crippen molar-refractivity contribution in [2.75, 3.05) is 39.0 Å². The summed E-state index contributed by atoms with van der Waals surface area (Å²) < 4.78 is 15.1. The summed E-state index contributed by atoms with van der Waals surface area (Å²) in [5.74, 6) is 2.08. The van der Waals surface area contributed by atoms with Crippen LogP contribution >= 0.6 is 0 Å². The maximum absolute atomic E-state index is 15.1. The predicted molar refractivity (Wildman–Crippen MR) is 136 cm³/mol. The normalized spacial score (nSPS) is 19.1. The van der Waals surface area contributed by atoms with Crippen molar-refractivity contribution in [2.24, 2.45) is 0 Å². The zero-order chi connectivity index (χ0) is 23.4. The molecule has 1 saturated carbocycles. The predicted octanol–water partition coefficient (Wildman–Crippen LogP) is 5.60. The van der Waals surface area contributed by atoms with Crippen LogP contribution < -0.4 is 5.32 Å². The molecule has 0 bridgehead atoms. The van der Waals surface area contributed by atoms with Crippen LogP contribution in [0.1, 0.15) is 82.5 Å². The molecule has 0 radical (unpaired) electrons. The monoisotopic (exact) mass is 455 g/mol. The van der Waals surface area contributed by atoms with E-state index in [0.29, 0.717) is 18.0 Å².